The van der Waals surface area contributed by atoms with Crippen LogP contribution in [0, 0.1) is 11.8 Å². The second kappa shape index (κ2) is 7.78. The molecular formula is C15H30N2O. The average molecular weight is 254 g/mol. The molecule has 0 radical (unpaired) electrons. The molecule has 1 N–H and O–H groups in total. The molecule has 0 aromatic carbocycles. The van der Waals surface area contributed by atoms with Crippen molar-refractivity contribution in [2.75, 3.05) is 19.6 Å². The summed E-state index contributed by atoms with van der Waals surface area (Å²) in [6.07, 6.45) is 4.21. The number of nitrogens with one attached hydrogen (secondary N) is 1. The highest BCUT2D eigenvalue weighted by molar-refractivity contribution is 5.76. The summed E-state index contributed by atoms with van der Waals surface area (Å²) in [5.41, 5.74) is 0. The molecule has 1 aliphatic heterocycles. The van der Waals surface area contributed by atoms with E-state index in [1.54, 1.807) is 0 Å². The van der Waals surface area contributed by atoms with Gasteiger partial charge < -0.3 is 10.2 Å². The molecule has 106 valence electrons. The van der Waals surface area contributed by atoms with E-state index in [1.165, 1.54) is 12.8 Å². The number of rotatable bonds is 6. The van der Waals surface area contributed by atoms with Crippen LogP contribution >= 0.6 is 0 Å². The molecule has 1 unspecified atom stereocenters. The van der Waals surface area contributed by atoms with E-state index < -0.39 is 0 Å². The molecule has 1 rings (SSSR count). The van der Waals surface area contributed by atoms with Gasteiger partial charge >= 0.3 is 0 Å². The fourth-order valence-corrected chi connectivity index (χ4v) is 2.50. The van der Waals surface area contributed by atoms with E-state index in [9.17, 15) is 4.79 Å². The number of carbonyl (C=O) groups excluding carboxylic acids is 1. The molecule has 1 saturated heterocycles. The largest absolute Gasteiger partial charge is 0.340 e. The van der Waals surface area contributed by atoms with E-state index in [0.717, 1.165) is 26.1 Å². The van der Waals surface area contributed by atoms with Crippen LogP contribution in [0.1, 0.15) is 53.4 Å². The number of piperidine rings is 1. The standard InChI is InChI=1S/C15H30N2O/c1-5-13(4)10-15(18)17(12(2)3)11-14-6-8-16-9-7-14/h12-14,16H,5-11H2,1-4H3. The Morgan fingerprint density at radius 2 is 1.89 bits per heavy atom. The zero-order valence-electron chi connectivity index (χ0n) is 12.5. The molecule has 0 spiro atoms. The Morgan fingerprint density at radius 3 is 2.39 bits per heavy atom. The number of amides is 1. The van der Waals surface area contributed by atoms with Gasteiger partial charge in [-0.05, 0) is 51.6 Å². The van der Waals surface area contributed by atoms with Crippen LogP contribution < -0.4 is 5.32 Å². The maximum atomic E-state index is 12.3. The second-order valence-corrected chi connectivity index (χ2v) is 6.05. The van der Waals surface area contributed by atoms with Crippen molar-refractivity contribution in [2.24, 2.45) is 11.8 Å². The third-order valence-corrected chi connectivity index (χ3v) is 4.08. The zero-order chi connectivity index (χ0) is 13.5. The topological polar surface area (TPSA) is 32.3 Å². The fraction of sp³-hybridized carbons (Fsp3) is 0.933. The van der Waals surface area contributed by atoms with Gasteiger partial charge in [0.2, 0.25) is 5.91 Å². The van der Waals surface area contributed by atoms with Crippen LogP contribution in [0.5, 0.6) is 0 Å². The first-order valence-electron chi connectivity index (χ1n) is 7.54. The number of hydrogen-bond acceptors (Lipinski definition) is 2. The van der Waals surface area contributed by atoms with Crippen molar-refractivity contribution in [3.8, 4) is 0 Å². The Hall–Kier alpha value is -0.570. The van der Waals surface area contributed by atoms with E-state index in [-0.39, 0.29) is 0 Å². The van der Waals surface area contributed by atoms with Gasteiger partial charge in [0.1, 0.15) is 0 Å². The lowest BCUT2D eigenvalue weighted by molar-refractivity contribution is -0.134. The summed E-state index contributed by atoms with van der Waals surface area (Å²) >= 11 is 0. The maximum Gasteiger partial charge on any atom is 0.223 e. The zero-order valence-corrected chi connectivity index (χ0v) is 12.5. The Kier molecular flexibility index (Phi) is 6.69. The average Bonchev–Trinajstić information content (AvgIpc) is 2.36. The molecule has 0 bridgehead atoms. The maximum absolute atomic E-state index is 12.3. The quantitative estimate of drug-likeness (QED) is 0.790. The molecule has 0 saturated carbocycles. The van der Waals surface area contributed by atoms with E-state index in [0.29, 0.717) is 30.2 Å². The van der Waals surface area contributed by atoms with Crippen LogP contribution in [0.25, 0.3) is 0 Å². The first-order valence-corrected chi connectivity index (χ1v) is 7.54. The predicted molar refractivity (Wildman–Crippen MR) is 76.5 cm³/mol. The highest BCUT2D eigenvalue weighted by Crippen LogP contribution is 2.18. The number of nitrogens with zero attached hydrogens (tertiary/aromatic N) is 1. The van der Waals surface area contributed by atoms with Crippen LogP contribution in [-0.2, 0) is 4.79 Å². The highest BCUT2D eigenvalue weighted by Gasteiger charge is 2.23. The molecule has 1 atom stereocenters. The highest BCUT2D eigenvalue weighted by atomic mass is 16.2. The minimum absolute atomic E-state index is 0.330. The van der Waals surface area contributed by atoms with Crippen LogP contribution in [0.4, 0.5) is 0 Å². The first-order chi connectivity index (χ1) is 8.54. The van der Waals surface area contributed by atoms with Crippen LogP contribution in [0.2, 0.25) is 0 Å². The molecular weight excluding hydrogens is 224 g/mol. The van der Waals surface area contributed by atoms with Crippen molar-refractivity contribution in [3.63, 3.8) is 0 Å². The SMILES string of the molecule is CCC(C)CC(=O)N(CC1CCNCC1)C(C)C. The summed E-state index contributed by atoms with van der Waals surface area (Å²) in [7, 11) is 0. The smallest absolute Gasteiger partial charge is 0.223 e. The third kappa shape index (κ3) is 4.97. The fourth-order valence-electron chi connectivity index (χ4n) is 2.50. The lowest BCUT2D eigenvalue weighted by Gasteiger charge is -2.33. The van der Waals surface area contributed by atoms with E-state index >= 15 is 0 Å². The molecule has 18 heavy (non-hydrogen) atoms. The van der Waals surface area contributed by atoms with E-state index in [2.05, 4.69) is 37.9 Å². The molecule has 3 nitrogen and oxygen atoms in total. The summed E-state index contributed by atoms with van der Waals surface area (Å²) < 4.78 is 0. The van der Waals surface area contributed by atoms with Crippen molar-refractivity contribution in [1.29, 1.82) is 0 Å². The van der Waals surface area contributed by atoms with Crippen LogP contribution in [0.15, 0.2) is 0 Å². The Morgan fingerprint density at radius 1 is 1.28 bits per heavy atom. The summed E-state index contributed by atoms with van der Waals surface area (Å²) in [5.74, 6) is 1.54. The summed E-state index contributed by atoms with van der Waals surface area (Å²) in [4.78, 5) is 14.4. The van der Waals surface area contributed by atoms with Gasteiger partial charge in [-0.3, -0.25) is 4.79 Å². The van der Waals surface area contributed by atoms with Gasteiger partial charge in [-0.15, -0.1) is 0 Å². The number of hydrogen-bond donors (Lipinski definition) is 1. The first kappa shape index (κ1) is 15.5. The van der Waals surface area contributed by atoms with Crippen molar-refractivity contribution >= 4 is 5.91 Å². The minimum Gasteiger partial charge on any atom is -0.340 e. The van der Waals surface area contributed by atoms with Crippen LogP contribution in [0.3, 0.4) is 0 Å². The van der Waals surface area contributed by atoms with Crippen molar-refractivity contribution in [3.05, 3.63) is 0 Å². The predicted octanol–water partition coefficient (Wildman–Crippen LogP) is 2.66. The summed E-state index contributed by atoms with van der Waals surface area (Å²) in [5, 5.41) is 3.38. The lowest BCUT2D eigenvalue weighted by Crippen LogP contribution is -2.43. The van der Waals surface area contributed by atoms with Gasteiger partial charge in [-0.25, -0.2) is 0 Å². The molecule has 3 heteroatoms. The molecule has 0 aromatic heterocycles. The van der Waals surface area contributed by atoms with Crippen LogP contribution in [-0.4, -0.2) is 36.5 Å². The summed E-state index contributed by atoms with van der Waals surface area (Å²) in [6, 6.07) is 0.330. The summed E-state index contributed by atoms with van der Waals surface area (Å²) in [6.45, 7) is 11.8. The molecule has 0 aliphatic carbocycles. The minimum atomic E-state index is 0.330. The van der Waals surface area contributed by atoms with Gasteiger partial charge in [-0.2, -0.15) is 0 Å². The molecule has 0 aromatic rings. The Bertz CT molecular complexity index is 247. The number of carbonyl (C=O) groups is 1. The van der Waals surface area contributed by atoms with Gasteiger partial charge in [0, 0.05) is 19.0 Å². The van der Waals surface area contributed by atoms with Gasteiger partial charge in [0.25, 0.3) is 0 Å². The van der Waals surface area contributed by atoms with Crippen molar-refractivity contribution in [1.82, 2.24) is 10.2 Å². The van der Waals surface area contributed by atoms with Gasteiger partial charge in [-0.1, -0.05) is 20.3 Å². The van der Waals surface area contributed by atoms with Crippen molar-refractivity contribution in [2.45, 2.75) is 59.4 Å². The lowest BCUT2D eigenvalue weighted by atomic mass is 9.96. The molecule has 1 aliphatic rings. The third-order valence-electron chi connectivity index (χ3n) is 4.08. The normalized spacial score (nSPS) is 18.9. The molecule has 1 heterocycles. The van der Waals surface area contributed by atoms with Crippen molar-refractivity contribution < 1.29 is 4.79 Å². The van der Waals surface area contributed by atoms with Gasteiger partial charge in [0.05, 0.1) is 0 Å². The Balaban J connectivity index is 2.50. The van der Waals surface area contributed by atoms with E-state index in [4.69, 9.17) is 0 Å². The molecule has 1 fully saturated rings. The van der Waals surface area contributed by atoms with Gasteiger partial charge in [0.15, 0.2) is 0 Å². The molecule has 1 amide bonds. The second-order valence-electron chi connectivity index (χ2n) is 6.05. The Labute approximate surface area is 112 Å². The monoisotopic (exact) mass is 254 g/mol. The van der Waals surface area contributed by atoms with E-state index in [1.807, 2.05) is 0 Å².